The molecule has 2 nitrogen and oxygen atoms in total. The zero-order chi connectivity index (χ0) is 43.0. The molecule has 7 aromatic carbocycles. The predicted molar refractivity (Wildman–Crippen MR) is 260 cm³/mol. The van der Waals surface area contributed by atoms with Crippen molar-refractivity contribution in [3.05, 3.63) is 270 Å². The van der Waals surface area contributed by atoms with Gasteiger partial charge < -0.3 is 5.32 Å². The molecular formula is C60H42F2N2. The Labute approximate surface area is 372 Å². The number of benzene rings is 7. The van der Waals surface area contributed by atoms with E-state index in [0.29, 0.717) is 5.56 Å². The Kier molecular flexibility index (Phi) is 9.97. The Balaban J connectivity index is 0.904. The highest BCUT2D eigenvalue weighted by Gasteiger charge is 2.43. The number of aromatic nitrogens is 1. The van der Waals surface area contributed by atoms with Crippen LogP contribution in [0.1, 0.15) is 45.8 Å². The molecule has 8 aromatic rings. The van der Waals surface area contributed by atoms with Crippen molar-refractivity contribution in [2.75, 3.05) is 0 Å². The number of dihydropyridines is 1. The van der Waals surface area contributed by atoms with Crippen molar-refractivity contribution in [3.8, 4) is 44.8 Å². The maximum absolute atomic E-state index is 16.3. The second-order valence-corrected chi connectivity index (χ2v) is 16.6. The van der Waals surface area contributed by atoms with Gasteiger partial charge in [-0.25, -0.2) is 4.98 Å². The monoisotopic (exact) mass is 828 g/mol. The summed E-state index contributed by atoms with van der Waals surface area (Å²) in [6, 6.07) is 67.8. The van der Waals surface area contributed by atoms with Crippen LogP contribution in [0.2, 0.25) is 0 Å². The van der Waals surface area contributed by atoms with Crippen molar-refractivity contribution >= 4 is 22.4 Å². The first-order valence-corrected chi connectivity index (χ1v) is 21.7. The van der Waals surface area contributed by atoms with Gasteiger partial charge in [-0.3, -0.25) is 0 Å². The molecular weight excluding hydrogens is 787 g/mol. The van der Waals surface area contributed by atoms with Crippen LogP contribution in [0.25, 0.3) is 67.2 Å². The van der Waals surface area contributed by atoms with Crippen molar-refractivity contribution in [2.24, 2.45) is 0 Å². The smallest absolute Gasteiger partial charge is 0.295 e. The molecule has 11 rings (SSSR count). The van der Waals surface area contributed by atoms with Gasteiger partial charge in [-0.2, -0.15) is 8.78 Å². The molecule has 64 heavy (non-hydrogen) atoms. The van der Waals surface area contributed by atoms with E-state index in [1.54, 1.807) is 12.1 Å². The normalized spacial score (nSPS) is 16.2. The third-order valence-electron chi connectivity index (χ3n) is 12.5. The minimum absolute atomic E-state index is 0.00279. The minimum Gasteiger partial charge on any atom is -0.374 e. The minimum atomic E-state index is -3.09. The van der Waals surface area contributed by atoms with Crippen LogP contribution >= 0.6 is 0 Å². The summed E-state index contributed by atoms with van der Waals surface area (Å²) < 4.78 is 32.6. The molecule has 0 fully saturated rings. The highest BCUT2D eigenvalue weighted by molar-refractivity contribution is 5.92. The first-order valence-electron chi connectivity index (χ1n) is 21.7. The van der Waals surface area contributed by atoms with Crippen LogP contribution in [0.4, 0.5) is 8.78 Å². The van der Waals surface area contributed by atoms with E-state index in [4.69, 9.17) is 4.98 Å². The number of nitrogens with one attached hydrogen (secondary N) is 1. The fourth-order valence-corrected chi connectivity index (χ4v) is 9.10. The summed E-state index contributed by atoms with van der Waals surface area (Å²) >= 11 is 0. The average molecular weight is 829 g/mol. The zero-order valence-corrected chi connectivity index (χ0v) is 34.9. The van der Waals surface area contributed by atoms with Crippen molar-refractivity contribution in [1.29, 1.82) is 0 Å². The van der Waals surface area contributed by atoms with Gasteiger partial charge in [0.15, 0.2) is 0 Å². The number of fused-ring (bicyclic) bond motifs is 4. The molecule has 1 unspecified atom stereocenters. The van der Waals surface area contributed by atoms with Gasteiger partial charge in [0.25, 0.3) is 5.92 Å². The Morgan fingerprint density at radius 1 is 0.453 bits per heavy atom. The summed E-state index contributed by atoms with van der Waals surface area (Å²) in [5.74, 6) is -3.09. The lowest BCUT2D eigenvalue weighted by Gasteiger charge is -2.30. The molecule has 3 aliphatic rings. The number of halogens is 2. The molecule has 4 heteroatoms. The zero-order valence-electron chi connectivity index (χ0n) is 34.9. The topological polar surface area (TPSA) is 24.9 Å². The van der Waals surface area contributed by atoms with Gasteiger partial charge in [0.05, 0.1) is 17.4 Å². The number of hydrogen-bond acceptors (Lipinski definition) is 2. The van der Waals surface area contributed by atoms with Crippen molar-refractivity contribution < 1.29 is 8.78 Å². The number of alkyl halides is 2. The second kappa shape index (κ2) is 16.4. The van der Waals surface area contributed by atoms with Crippen LogP contribution in [-0.4, -0.2) is 4.98 Å². The molecule has 0 radical (unpaired) electrons. The summed E-state index contributed by atoms with van der Waals surface area (Å²) in [5.41, 5.74) is 16.9. The van der Waals surface area contributed by atoms with E-state index in [1.807, 2.05) is 66.7 Å². The number of hydrogen-bond donors (Lipinski definition) is 1. The summed E-state index contributed by atoms with van der Waals surface area (Å²) in [7, 11) is 0. The maximum atomic E-state index is 16.3. The maximum Gasteiger partial charge on any atom is 0.295 e. The quantitative estimate of drug-likeness (QED) is 0.165. The molecule has 0 saturated carbocycles. The molecule has 2 heterocycles. The van der Waals surface area contributed by atoms with Crippen LogP contribution in [0.3, 0.4) is 0 Å². The van der Waals surface area contributed by atoms with Crippen LogP contribution < -0.4 is 5.32 Å². The molecule has 1 aromatic heterocycles. The van der Waals surface area contributed by atoms with E-state index >= 15 is 8.78 Å². The Morgan fingerprint density at radius 3 is 1.62 bits per heavy atom. The third-order valence-corrected chi connectivity index (χ3v) is 12.5. The first kappa shape index (κ1) is 38.9. The molecule has 2 bridgehead atoms. The largest absolute Gasteiger partial charge is 0.374 e. The van der Waals surface area contributed by atoms with Gasteiger partial charge in [-0.05, 0) is 97.1 Å². The second-order valence-electron chi connectivity index (χ2n) is 16.6. The fourth-order valence-electron chi connectivity index (χ4n) is 9.10. The lowest BCUT2D eigenvalue weighted by molar-refractivity contribution is 0.0336. The van der Waals surface area contributed by atoms with Crippen LogP contribution in [-0.2, 0) is 5.92 Å². The highest BCUT2D eigenvalue weighted by atomic mass is 19.3. The molecule has 0 spiro atoms. The van der Waals surface area contributed by atoms with Crippen LogP contribution in [0, 0.1) is 0 Å². The highest BCUT2D eigenvalue weighted by Crippen LogP contribution is 2.51. The molecule has 1 atom stereocenters. The average Bonchev–Trinajstić information content (AvgIpc) is 3.59. The van der Waals surface area contributed by atoms with Gasteiger partial charge >= 0.3 is 0 Å². The van der Waals surface area contributed by atoms with E-state index in [-0.39, 0.29) is 23.6 Å². The fraction of sp³-hybridized carbons (Fsp3) is 0.0500. The molecule has 0 saturated heterocycles. The van der Waals surface area contributed by atoms with Crippen molar-refractivity contribution in [3.63, 3.8) is 0 Å². The van der Waals surface area contributed by atoms with Crippen LogP contribution in [0.5, 0.6) is 0 Å². The molecule has 2 aliphatic carbocycles. The standard InChI is InChI=1S/C60H42F2N2/c61-60(62)53-31-29-48(41-21-23-43(24-22-41)51-38-57(45-17-9-3-10-18-45)63-58(39-51)46-19-11-4-12-20-46)33-52(34-53)54-35-49(30-32-55(54)60)42-25-27-47(28-26-42)59-37-50(40-13-5-1-6-14-40)36-56(64-59)44-15-7-2-8-16-44/h1-33,35-39,57,63H,34H2. The first-order chi connectivity index (χ1) is 31.4. The van der Waals surface area contributed by atoms with Gasteiger partial charge in [-0.1, -0.05) is 200 Å². The number of pyridine rings is 1. The molecule has 1 aliphatic heterocycles. The SMILES string of the molecule is FC1(F)C2=CC=C(c3ccc(C4=CC(c5ccccc5)NC(c5ccccc5)=C4)cc3)C=C(C2)c2cc(-c3ccc(-c4cc(-c5ccccc5)cc(-c5ccccc5)n4)cc3)ccc21. The molecule has 306 valence electrons. The number of rotatable bonds is 8. The Morgan fingerprint density at radius 2 is 0.969 bits per heavy atom. The summed E-state index contributed by atoms with van der Waals surface area (Å²) in [6.07, 6.45) is 10.2. The van der Waals surface area contributed by atoms with E-state index in [9.17, 15) is 0 Å². The lowest BCUT2D eigenvalue weighted by Crippen LogP contribution is -2.23. The van der Waals surface area contributed by atoms with Crippen molar-refractivity contribution in [1.82, 2.24) is 10.3 Å². The third kappa shape index (κ3) is 7.54. The Bertz CT molecular complexity index is 3120. The summed E-state index contributed by atoms with van der Waals surface area (Å²) in [6.45, 7) is 0. The van der Waals surface area contributed by atoms with E-state index < -0.39 is 5.92 Å². The van der Waals surface area contributed by atoms with Gasteiger partial charge in [-0.15, -0.1) is 0 Å². The molecule has 0 amide bonds. The van der Waals surface area contributed by atoms with Gasteiger partial charge in [0, 0.05) is 34.4 Å². The van der Waals surface area contributed by atoms with Crippen molar-refractivity contribution in [2.45, 2.75) is 18.4 Å². The van der Waals surface area contributed by atoms with Gasteiger partial charge in [0.2, 0.25) is 0 Å². The van der Waals surface area contributed by atoms with E-state index in [1.165, 1.54) is 5.56 Å². The van der Waals surface area contributed by atoms with Crippen LogP contribution in [0.15, 0.2) is 236 Å². The van der Waals surface area contributed by atoms with Gasteiger partial charge in [0.1, 0.15) is 0 Å². The van der Waals surface area contributed by atoms with E-state index in [2.05, 4.69) is 157 Å². The Hall–Kier alpha value is -7.95. The summed E-state index contributed by atoms with van der Waals surface area (Å²) in [4.78, 5) is 5.10. The lowest BCUT2D eigenvalue weighted by atomic mass is 9.80. The summed E-state index contributed by atoms with van der Waals surface area (Å²) in [5, 5.41) is 3.73. The predicted octanol–water partition coefficient (Wildman–Crippen LogP) is 15.4. The number of nitrogens with zero attached hydrogens (tertiary/aromatic N) is 1. The number of allylic oxidation sites excluding steroid dienone is 8. The van der Waals surface area contributed by atoms with E-state index in [0.717, 1.165) is 83.9 Å². The molecule has 1 N–H and O–H groups in total.